The van der Waals surface area contributed by atoms with Crippen LogP contribution in [0.25, 0.3) is 10.8 Å². The van der Waals surface area contributed by atoms with Crippen LogP contribution in [0.2, 0.25) is 18.1 Å². The molecule has 27 heavy (non-hydrogen) atoms. The number of carboxylic acids is 1. The van der Waals surface area contributed by atoms with Crippen LogP contribution in [-0.2, 0) is 4.79 Å². The second-order valence-corrected chi connectivity index (χ2v) is 14.0. The van der Waals surface area contributed by atoms with Gasteiger partial charge in [-0.15, -0.1) is 0 Å². The van der Waals surface area contributed by atoms with Crippen LogP contribution in [0, 0.1) is 5.92 Å². The summed E-state index contributed by atoms with van der Waals surface area (Å²) in [4.78, 5) is 13.2. The Hall–Kier alpha value is -1.85. The molecule has 0 spiro atoms. The van der Waals surface area contributed by atoms with Gasteiger partial charge in [0.1, 0.15) is 5.75 Å². The van der Waals surface area contributed by atoms with E-state index in [1.165, 1.54) is 16.3 Å². The summed E-state index contributed by atoms with van der Waals surface area (Å²) in [7, 11) is -1.84. The van der Waals surface area contributed by atoms with E-state index in [0.29, 0.717) is 13.1 Å². The van der Waals surface area contributed by atoms with E-state index in [1.54, 1.807) is 0 Å². The number of likely N-dealkylation sites (tertiary alicyclic amines) is 1. The van der Waals surface area contributed by atoms with Crippen molar-refractivity contribution < 1.29 is 14.3 Å². The first-order valence-electron chi connectivity index (χ1n) is 9.67. The van der Waals surface area contributed by atoms with Crippen LogP contribution in [0.15, 0.2) is 36.4 Å². The largest absolute Gasteiger partial charge is 0.543 e. The molecule has 3 rings (SSSR count). The number of aliphatic carboxylic acids is 1. The van der Waals surface area contributed by atoms with Crippen LogP contribution in [0.4, 0.5) is 0 Å². The van der Waals surface area contributed by atoms with E-state index in [2.05, 4.69) is 82.1 Å². The minimum atomic E-state index is -1.84. The van der Waals surface area contributed by atoms with Crippen LogP contribution >= 0.6 is 0 Å². The summed E-state index contributed by atoms with van der Waals surface area (Å²) in [5.74, 6) is 0.0381. The van der Waals surface area contributed by atoms with Gasteiger partial charge in [0.05, 0.1) is 5.92 Å². The first-order chi connectivity index (χ1) is 12.5. The predicted octanol–water partition coefficient (Wildman–Crippen LogP) is 5.30. The standard InChI is InChI=1S/C22H31NO3Si/c1-15(23-13-19(14-23)21(24)25)16-7-8-18-12-20(10-9-17(18)11-16)26-27(5,6)22(2,3)4/h7-12,15,19H,13-14H2,1-6H3,(H,24,25). The molecule has 0 aromatic heterocycles. The maximum absolute atomic E-state index is 11.0. The van der Waals surface area contributed by atoms with Crippen molar-refractivity contribution in [3.05, 3.63) is 42.0 Å². The molecular weight excluding hydrogens is 354 g/mol. The fourth-order valence-corrected chi connectivity index (χ4v) is 4.23. The minimum absolute atomic E-state index is 0.173. The van der Waals surface area contributed by atoms with Crippen molar-refractivity contribution in [1.29, 1.82) is 0 Å². The van der Waals surface area contributed by atoms with Crippen molar-refractivity contribution in [2.75, 3.05) is 13.1 Å². The highest BCUT2D eigenvalue weighted by Gasteiger charge is 2.39. The highest BCUT2D eigenvalue weighted by Crippen LogP contribution is 2.38. The van der Waals surface area contributed by atoms with Gasteiger partial charge in [0, 0.05) is 19.1 Å². The van der Waals surface area contributed by atoms with E-state index < -0.39 is 14.3 Å². The summed E-state index contributed by atoms with van der Waals surface area (Å²) < 4.78 is 6.43. The molecule has 1 N–H and O–H groups in total. The first kappa shape index (κ1) is 19.9. The van der Waals surface area contributed by atoms with E-state index in [4.69, 9.17) is 9.53 Å². The van der Waals surface area contributed by atoms with Gasteiger partial charge in [0.2, 0.25) is 8.32 Å². The number of hydrogen-bond donors (Lipinski definition) is 1. The SMILES string of the molecule is CC(c1ccc2cc(O[Si](C)(C)C(C)(C)C)ccc2c1)N1CC(C(=O)O)C1. The van der Waals surface area contributed by atoms with Crippen LogP contribution in [-0.4, -0.2) is 37.4 Å². The predicted molar refractivity (Wildman–Crippen MR) is 113 cm³/mol. The number of hydrogen-bond acceptors (Lipinski definition) is 3. The molecule has 1 atom stereocenters. The van der Waals surface area contributed by atoms with E-state index in [0.717, 1.165) is 5.75 Å². The molecule has 0 aliphatic carbocycles. The lowest BCUT2D eigenvalue weighted by molar-refractivity contribution is -0.148. The Bertz CT molecular complexity index is 850. The van der Waals surface area contributed by atoms with Gasteiger partial charge >= 0.3 is 5.97 Å². The molecule has 2 aromatic carbocycles. The van der Waals surface area contributed by atoms with Crippen molar-refractivity contribution in [1.82, 2.24) is 4.90 Å². The molecule has 1 aliphatic heterocycles. The lowest BCUT2D eigenvalue weighted by Gasteiger charge is -2.41. The maximum atomic E-state index is 11.0. The molecule has 1 saturated heterocycles. The highest BCUT2D eigenvalue weighted by molar-refractivity contribution is 6.74. The second-order valence-electron chi connectivity index (χ2n) is 9.30. The Morgan fingerprint density at radius 2 is 1.74 bits per heavy atom. The monoisotopic (exact) mass is 385 g/mol. The number of rotatable bonds is 5. The summed E-state index contributed by atoms with van der Waals surface area (Å²) >= 11 is 0. The number of nitrogens with zero attached hydrogens (tertiary/aromatic N) is 1. The third-order valence-electron chi connectivity index (χ3n) is 6.30. The molecule has 4 nitrogen and oxygen atoms in total. The van der Waals surface area contributed by atoms with Crippen LogP contribution in [0.5, 0.6) is 5.75 Å². The fraction of sp³-hybridized carbons (Fsp3) is 0.500. The van der Waals surface area contributed by atoms with Gasteiger partial charge in [0.15, 0.2) is 0 Å². The molecule has 1 heterocycles. The Balaban J connectivity index is 1.77. The number of carbonyl (C=O) groups is 1. The summed E-state index contributed by atoms with van der Waals surface area (Å²) in [5.41, 5.74) is 1.23. The molecule has 1 fully saturated rings. The molecule has 0 radical (unpaired) electrons. The van der Waals surface area contributed by atoms with Crippen molar-refractivity contribution in [3.8, 4) is 5.75 Å². The van der Waals surface area contributed by atoms with Crippen molar-refractivity contribution in [2.24, 2.45) is 5.92 Å². The average Bonchev–Trinajstić information content (AvgIpc) is 2.51. The normalized spacial score (nSPS) is 17.6. The van der Waals surface area contributed by atoms with Gasteiger partial charge in [-0.2, -0.15) is 0 Å². The lowest BCUT2D eigenvalue weighted by Crippen LogP contribution is -2.51. The second kappa shape index (κ2) is 6.95. The molecule has 1 unspecified atom stereocenters. The van der Waals surface area contributed by atoms with Crippen LogP contribution in [0.3, 0.4) is 0 Å². The first-order valence-corrected chi connectivity index (χ1v) is 12.6. The summed E-state index contributed by atoms with van der Waals surface area (Å²) in [6.07, 6.45) is 0. The van der Waals surface area contributed by atoms with E-state index in [9.17, 15) is 4.79 Å². The van der Waals surface area contributed by atoms with Gasteiger partial charge in [0.25, 0.3) is 0 Å². The smallest absolute Gasteiger partial charge is 0.309 e. The van der Waals surface area contributed by atoms with Gasteiger partial charge in [-0.05, 0) is 59.6 Å². The molecule has 2 aromatic rings. The number of fused-ring (bicyclic) bond motifs is 1. The molecule has 146 valence electrons. The summed E-state index contributed by atoms with van der Waals surface area (Å²) in [6, 6.07) is 13.1. The Morgan fingerprint density at radius 1 is 1.15 bits per heavy atom. The van der Waals surface area contributed by atoms with Gasteiger partial charge in [-0.25, -0.2) is 0 Å². The lowest BCUT2D eigenvalue weighted by atomic mass is 9.94. The van der Waals surface area contributed by atoms with Crippen molar-refractivity contribution >= 4 is 25.1 Å². The number of benzene rings is 2. The maximum Gasteiger partial charge on any atom is 0.309 e. The Morgan fingerprint density at radius 3 is 2.33 bits per heavy atom. The van der Waals surface area contributed by atoms with E-state index in [1.807, 2.05) is 0 Å². The Labute approximate surface area is 163 Å². The van der Waals surface area contributed by atoms with Crippen molar-refractivity contribution in [2.45, 2.75) is 51.9 Å². The zero-order chi connectivity index (χ0) is 20.0. The third kappa shape index (κ3) is 4.04. The molecule has 0 saturated carbocycles. The molecule has 5 heteroatoms. The van der Waals surface area contributed by atoms with Gasteiger partial charge in [-0.1, -0.05) is 39.0 Å². The fourth-order valence-electron chi connectivity index (χ4n) is 3.21. The van der Waals surface area contributed by atoms with Gasteiger partial charge < -0.3 is 9.53 Å². The van der Waals surface area contributed by atoms with E-state index >= 15 is 0 Å². The van der Waals surface area contributed by atoms with Gasteiger partial charge in [-0.3, -0.25) is 9.69 Å². The van der Waals surface area contributed by atoms with E-state index in [-0.39, 0.29) is 17.0 Å². The molecule has 1 aliphatic rings. The molecule has 0 bridgehead atoms. The minimum Gasteiger partial charge on any atom is -0.543 e. The zero-order valence-electron chi connectivity index (χ0n) is 17.2. The Kier molecular flexibility index (Phi) is 5.12. The topological polar surface area (TPSA) is 49.8 Å². The summed E-state index contributed by atoms with van der Waals surface area (Å²) in [6.45, 7) is 14.7. The van der Waals surface area contributed by atoms with Crippen LogP contribution < -0.4 is 4.43 Å². The number of carboxylic acid groups (broad SMARTS) is 1. The quantitative estimate of drug-likeness (QED) is 0.710. The average molecular weight is 386 g/mol. The summed E-state index contributed by atoms with van der Waals surface area (Å²) in [5, 5.41) is 11.6. The van der Waals surface area contributed by atoms with Crippen LogP contribution in [0.1, 0.15) is 39.3 Å². The molecular formula is C22H31NO3Si. The molecule has 0 amide bonds. The zero-order valence-corrected chi connectivity index (χ0v) is 18.2. The highest BCUT2D eigenvalue weighted by atomic mass is 28.4. The van der Waals surface area contributed by atoms with Crippen molar-refractivity contribution in [3.63, 3.8) is 0 Å². The third-order valence-corrected chi connectivity index (χ3v) is 10.7.